The van der Waals surface area contributed by atoms with Crippen LogP contribution in [0.3, 0.4) is 0 Å². The van der Waals surface area contributed by atoms with Crippen molar-refractivity contribution in [1.82, 2.24) is 0 Å². The van der Waals surface area contributed by atoms with Gasteiger partial charge in [-0.15, -0.1) is 0 Å². The molecule has 0 N–H and O–H groups in total. The molecule has 1 rings (SSSR count). The zero-order valence-corrected chi connectivity index (χ0v) is 6.89. The zero-order chi connectivity index (χ0) is 7.98. The van der Waals surface area contributed by atoms with Gasteiger partial charge in [0.1, 0.15) is 7.85 Å². The molecule has 0 atom stereocenters. The topological polar surface area (TPSA) is 0 Å². The van der Waals surface area contributed by atoms with Gasteiger partial charge in [0.05, 0.1) is 0 Å². The molecule has 52 valence electrons. The second-order valence-corrected chi connectivity index (χ2v) is 1.86. The molecule has 0 bridgehead atoms. The van der Waals surface area contributed by atoms with Crippen LogP contribution in [-0.4, -0.2) is 7.85 Å². The third-order valence-corrected chi connectivity index (χ3v) is 1.19. The van der Waals surface area contributed by atoms with Crippen LogP contribution in [0.5, 0.6) is 0 Å². The minimum Gasteiger partial charge on any atom is -0.0938 e. The molecule has 1 heteroatoms. The standard InChI is InChI=1S/C7H7B.C2H6/c1-6-4-2-3-5-7(6)8;1-2/h2-5H,1H3;1-2H3. The maximum absolute atomic E-state index is 5.52. The van der Waals surface area contributed by atoms with Gasteiger partial charge in [0, 0.05) is 0 Å². The molecule has 0 unspecified atom stereocenters. The summed E-state index contributed by atoms with van der Waals surface area (Å²) in [6.07, 6.45) is 0. The second kappa shape index (κ2) is 5.10. The van der Waals surface area contributed by atoms with Crippen LogP contribution < -0.4 is 5.46 Å². The van der Waals surface area contributed by atoms with Crippen LogP contribution in [-0.2, 0) is 0 Å². The van der Waals surface area contributed by atoms with Gasteiger partial charge in [-0.25, -0.2) is 0 Å². The fourth-order valence-electron chi connectivity index (χ4n) is 0.587. The Labute approximate surface area is 64.7 Å². The van der Waals surface area contributed by atoms with E-state index in [-0.39, 0.29) is 0 Å². The highest BCUT2D eigenvalue weighted by Crippen LogP contribution is 1.88. The first-order valence-electron chi connectivity index (χ1n) is 3.62. The van der Waals surface area contributed by atoms with Gasteiger partial charge in [0.2, 0.25) is 0 Å². The Morgan fingerprint density at radius 3 is 1.90 bits per heavy atom. The summed E-state index contributed by atoms with van der Waals surface area (Å²) in [6.45, 7) is 6.00. The molecule has 0 saturated heterocycles. The minimum absolute atomic E-state index is 0.868. The normalized spacial score (nSPS) is 7.90. The van der Waals surface area contributed by atoms with Crippen LogP contribution in [0, 0.1) is 6.92 Å². The third kappa shape index (κ3) is 2.72. The van der Waals surface area contributed by atoms with Gasteiger partial charge in [0.25, 0.3) is 0 Å². The van der Waals surface area contributed by atoms with Gasteiger partial charge in [-0.3, -0.25) is 0 Å². The Balaban J connectivity index is 0.000000371. The molecule has 0 amide bonds. The Bertz CT molecular complexity index is 161. The van der Waals surface area contributed by atoms with Crippen LogP contribution in [0.4, 0.5) is 0 Å². The molecule has 1 aromatic rings. The smallest absolute Gasteiger partial charge is 0.0938 e. The maximum Gasteiger partial charge on any atom is 0.114 e. The lowest BCUT2D eigenvalue weighted by molar-refractivity contribution is 1.50. The molecule has 0 saturated carbocycles. The van der Waals surface area contributed by atoms with E-state index in [1.54, 1.807) is 0 Å². The Morgan fingerprint density at radius 1 is 1.10 bits per heavy atom. The van der Waals surface area contributed by atoms with Crippen molar-refractivity contribution in [3.05, 3.63) is 29.8 Å². The SMILES string of the molecule is CC.[B]c1ccccc1C. The van der Waals surface area contributed by atoms with Crippen molar-refractivity contribution < 1.29 is 0 Å². The molecular formula is C9H13B. The predicted octanol–water partition coefficient (Wildman–Crippen LogP) is 1.82. The van der Waals surface area contributed by atoms with Crippen LogP contribution >= 0.6 is 0 Å². The van der Waals surface area contributed by atoms with Gasteiger partial charge in [-0.2, -0.15) is 0 Å². The van der Waals surface area contributed by atoms with Crippen LogP contribution in [0.1, 0.15) is 19.4 Å². The molecule has 0 spiro atoms. The highest BCUT2D eigenvalue weighted by atomic mass is 13.8. The van der Waals surface area contributed by atoms with Crippen molar-refractivity contribution >= 4 is 13.3 Å². The maximum atomic E-state index is 5.52. The van der Waals surface area contributed by atoms with Crippen LogP contribution in [0.2, 0.25) is 0 Å². The van der Waals surface area contributed by atoms with E-state index >= 15 is 0 Å². The number of benzene rings is 1. The first-order chi connectivity index (χ1) is 4.80. The first-order valence-corrected chi connectivity index (χ1v) is 3.62. The number of aryl methyl sites for hydroxylation is 1. The molecule has 0 aliphatic carbocycles. The molecule has 10 heavy (non-hydrogen) atoms. The molecule has 0 fully saturated rings. The van der Waals surface area contributed by atoms with Crippen LogP contribution in [0.15, 0.2) is 24.3 Å². The fraction of sp³-hybridized carbons (Fsp3) is 0.333. The number of hydrogen-bond acceptors (Lipinski definition) is 0. The van der Waals surface area contributed by atoms with Crippen molar-refractivity contribution in [3.8, 4) is 0 Å². The summed E-state index contributed by atoms with van der Waals surface area (Å²) in [5.74, 6) is 0. The molecule has 2 radical (unpaired) electrons. The van der Waals surface area contributed by atoms with Gasteiger partial charge >= 0.3 is 0 Å². The monoisotopic (exact) mass is 132 g/mol. The third-order valence-electron chi connectivity index (χ3n) is 1.19. The number of rotatable bonds is 0. The quantitative estimate of drug-likeness (QED) is 0.472. The lowest BCUT2D eigenvalue weighted by atomic mass is 9.92. The molecule has 0 heterocycles. The molecule has 0 aliphatic rings. The lowest BCUT2D eigenvalue weighted by Crippen LogP contribution is -2.04. The average molecular weight is 132 g/mol. The number of hydrogen-bond donors (Lipinski definition) is 0. The summed E-state index contributed by atoms with van der Waals surface area (Å²) < 4.78 is 0. The molecule has 0 nitrogen and oxygen atoms in total. The van der Waals surface area contributed by atoms with E-state index < -0.39 is 0 Å². The van der Waals surface area contributed by atoms with Gasteiger partial charge in [-0.05, 0) is 6.92 Å². The summed E-state index contributed by atoms with van der Waals surface area (Å²) >= 11 is 0. The van der Waals surface area contributed by atoms with Crippen molar-refractivity contribution in [2.75, 3.05) is 0 Å². The van der Waals surface area contributed by atoms with Crippen molar-refractivity contribution in [1.29, 1.82) is 0 Å². The summed E-state index contributed by atoms with van der Waals surface area (Å²) in [6, 6.07) is 7.80. The van der Waals surface area contributed by atoms with E-state index in [1.807, 2.05) is 45.0 Å². The van der Waals surface area contributed by atoms with E-state index in [0.717, 1.165) is 11.0 Å². The van der Waals surface area contributed by atoms with E-state index in [1.165, 1.54) is 0 Å². The molecular weight excluding hydrogens is 119 g/mol. The van der Waals surface area contributed by atoms with E-state index in [4.69, 9.17) is 7.85 Å². The highest BCUT2D eigenvalue weighted by Gasteiger charge is 1.83. The second-order valence-electron chi connectivity index (χ2n) is 1.86. The first kappa shape index (κ1) is 9.28. The van der Waals surface area contributed by atoms with E-state index in [9.17, 15) is 0 Å². The lowest BCUT2D eigenvalue weighted by Gasteiger charge is -1.94. The summed E-state index contributed by atoms with van der Waals surface area (Å²) in [5, 5.41) is 0. The zero-order valence-electron chi connectivity index (χ0n) is 6.89. The van der Waals surface area contributed by atoms with Crippen LogP contribution in [0.25, 0.3) is 0 Å². The van der Waals surface area contributed by atoms with Gasteiger partial charge in [-0.1, -0.05) is 49.1 Å². The van der Waals surface area contributed by atoms with Crippen molar-refractivity contribution in [2.45, 2.75) is 20.8 Å². The summed E-state index contributed by atoms with van der Waals surface area (Å²) in [4.78, 5) is 0. The van der Waals surface area contributed by atoms with E-state index in [0.29, 0.717) is 0 Å². The molecule has 0 aliphatic heterocycles. The van der Waals surface area contributed by atoms with Gasteiger partial charge in [0.15, 0.2) is 0 Å². The fourth-order valence-corrected chi connectivity index (χ4v) is 0.587. The van der Waals surface area contributed by atoms with Crippen molar-refractivity contribution in [3.63, 3.8) is 0 Å². The van der Waals surface area contributed by atoms with Gasteiger partial charge < -0.3 is 0 Å². The highest BCUT2D eigenvalue weighted by molar-refractivity contribution is 6.33. The summed E-state index contributed by atoms with van der Waals surface area (Å²) in [7, 11) is 5.52. The predicted molar refractivity (Wildman–Crippen MR) is 47.9 cm³/mol. The van der Waals surface area contributed by atoms with E-state index in [2.05, 4.69) is 0 Å². The Hall–Kier alpha value is -0.715. The molecule has 1 aromatic carbocycles. The van der Waals surface area contributed by atoms with Crippen molar-refractivity contribution in [2.24, 2.45) is 0 Å². The largest absolute Gasteiger partial charge is 0.114 e. The Kier molecular flexibility index (Phi) is 4.74. The summed E-state index contributed by atoms with van der Waals surface area (Å²) in [5.41, 5.74) is 2.01. The Morgan fingerprint density at radius 2 is 1.60 bits per heavy atom. The molecule has 0 aromatic heterocycles. The minimum atomic E-state index is 0.868. The average Bonchev–Trinajstić information content (AvgIpc) is 2.00.